The third kappa shape index (κ3) is 4.49. The highest BCUT2D eigenvalue weighted by molar-refractivity contribution is 6.32. The van der Waals surface area contributed by atoms with Crippen LogP contribution in [0.15, 0.2) is 18.2 Å². The van der Waals surface area contributed by atoms with E-state index in [1.165, 1.54) is 0 Å². The number of amides is 1. The Balaban J connectivity index is 2.40. The fourth-order valence-corrected chi connectivity index (χ4v) is 2.43. The van der Waals surface area contributed by atoms with Gasteiger partial charge in [0.05, 0.1) is 4.92 Å². The van der Waals surface area contributed by atoms with Crippen molar-refractivity contribution in [2.45, 2.75) is 6.18 Å². The molecule has 2 N–H and O–H groups in total. The van der Waals surface area contributed by atoms with Crippen LogP contribution in [-0.2, 0) is 18.0 Å². The van der Waals surface area contributed by atoms with Crippen LogP contribution in [0.5, 0.6) is 11.6 Å². The van der Waals surface area contributed by atoms with E-state index in [0.717, 1.165) is 25.2 Å². The van der Waals surface area contributed by atoms with Gasteiger partial charge < -0.3 is 15.2 Å². The maximum absolute atomic E-state index is 12.9. The second-order valence-electron chi connectivity index (χ2n) is 5.20. The van der Waals surface area contributed by atoms with Gasteiger partial charge in [0.25, 0.3) is 17.5 Å². The average molecular weight is 423 g/mol. The van der Waals surface area contributed by atoms with E-state index in [2.05, 4.69) is 5.10 Å². The van der Waals surface area contributed by atoms with Gasteiger partial charge in [-0.3, -0.25) is 24.4 Å². The van der Waals surface area contributed by atoms with Gasteiger partial charge in [-0.1, -0.05) is 11.6 Å². The summed E-state index contributed by atoms with van der Waals surface area (Å²) in [6, 6.07) is 2.74. The van der Waals surface area contributed by atoms with Gasteiger partial charge in [-0.05, 0) is 6.07 Å². The number of rotatable bonds is 6. The molecule has 0 spiro atoms. The molecular weight excluding hydrogens is 413 g/mol. The number of carbonyl (C=O) groups excluding carboxylic acids is 1. The molecule has 2 rings (SSSR count). The van der Waals surface area contributed by atoms with Gasteiger partial charge in [0.15, 0.2) is 5.69 Å². The number of aromatic nitrogens is 2. The molecule has 0 fully saturated rings. The quantitative estimate of drug-likeness (QED) is 0.539. The van der Waals surface area contributed by atoms with Crippen molar-refractivity contribution in [3.8, 4) is 11.6 Å². The number of alkyl halides is 3. The Morgan fingerprint density at radius 1 is 1.43 bits per heavy atom. The molecule has 14 heteroatoms. The number of aryl methyl sites for hydroxylation is 1. The van der Waals surface area contributed by atoms with E-state index in [0.29, 0.717) is 4.68 Å². The minimum absolute atomic E-state index is 0.278. The second kappa shape index (κ2) is 7.72. The fraction of sp³-hybridized carbons (Fsp3) is 0.214. The molecule has 0 saturated heterocycles. The van der Waals surface area contributed by atoms with Crippen LogP contribution in [0, 0.1) is 10.1 Å². The Bertz CT molecular complexity index is 959. The number of nitrogens with one attached hydrogen (secondary N) is 1. The second-order valence-corrected chi connectivity index (χ2v) is 5.58. The maximum Gasteiger partial charge on any atom is 0.434 e. The van der Waals surface area contributed by atoms with Crippen LogP contribution in [0.3, 0.4) is 0 Å². The molecule has 28 heavy (non-hydrogen) atoms. The Kier molecular flexibility index (Phi) is 5.78. The molecule has 0 atom stereocenters. The van der Waals surface area contributed by atoms with Crippen LogP contribution in [0.25, 0.3) is 0 Å². The van der Waals surface area contributed by atoms with Crippen molar-refractivity contribution in [1.29, 1.82) is 0 Å². The van der Waals surface area contributed by atoms with E-state index < -0.39 is 57.4 Å². The number of halogens is 4. The summed E-state index contributed by atoms with van der Waals surface area (Å²) in [7, 11) is 0.988. The van der Waals surface area contributed by atoms with Crippen molar-refractivity contribution in [2.75, 3.05) is 6.54 Å². The lowest BCUT2D eigenvalue weighted by molar-refractivity contribution is -0.385. The Morgan fingerprint density at radius 3 is 2.57 bits per heavy atom. The molecule has 1 heterocycles. The molecule has 150 valence electrons. The topological polar surface area (TPSA) is 137 Å². The van der Waals surface area contributed by atoms with Crippen LogP contribution in [0.4, 0.5) is 18.9 Å². The van der Waals surface area contributed by atoms with Crippen LogP contribution in [-0.4, -0.2) is 38.2 Å². The molecule has 2 aromatic rings. The first-order valence-electron chi connectivity index (χ1n) is 7.17. The number of nitro groups is 1. The normalized spacial score (nSPS) is 11.2. The number of nitrogens with zero attached hydrogens (tertiary/aromatic N) is 3. The smallest absolute Gasteiger partial charge is 0.434 e. The summed E-state index contributed by atoms with van der Waals surface area (Å²) in [4.78, 5) is 32.7. The fourth-order valence-electron chi connectivity index (χ4n) is 2.13. The van der Waals surface area contributed by atoms with E-state index in [9.17, 15) is 32.9 Å². The van der Waals surface area contributed by atoms with E-state index in [4.69, 9.17) is 21.4 Å². The van der Waals surface area contributed by atoms with E-state index in [1.807, 2.05) is 5.32 Å². The van der Waals surface area contributed by atoms with Gasteiger partial charge in [0, 0.05) is 19.2 Å². The number of hydrogen-bond acceptors (Lipinski definition) is 6. The zero-order valence-corrected chi connectivity index (χ0v) is 14.5. The molecule has 0 radical (unpaired) electrons. The summed E-state index contributed by atoms with van der Waals surface area (Å²) in [6.45, 7) is -0.803. The van der Waals surface area contributed by atoms with E-state index >= 15 is 0 Å². The van der Waals surface area contributed by atoms with Crippen LogP contribution in [0.1, 0.15) is 16.1 Å². The van der Waals surface area contributed by atoms with Crippen LogP contribution < -0.4 is 10.1 Å². The molecule has 1 aromatic heterocycles. The number of nitro benzene ring substituents is 1. The van der Waals surface area contributed by atoms with Crippen molar-refractivity contribution >= 4 is 29.2 Å². The monoisotopic (exact) mass is 422 g/mol. The molecular formula is C14H10ClF3N4O6. The van der Waals surface area contributed by atoms with Crippen LogP contribution in [0.2, 0.25) is 5.02 Å². The van der Waals surface area contributed by atoms with Gasteiger partial charge in [0.2, 0.25) is 0 Å². The number of ether oxygens (including phenoxy) is 1. The van der Waals surface area contributed by atoms with Crippen molar-refractivity contribution < 1.29 is 37.5 Å². The molecule has 0 aliphatic heterocycles. The number of carboxylic acids is 1. The lowest BCUT2D eigenvalue weighted by Gasteiger charge is -2.07. The Hall–Kier alpha value is -3.35. The molecule has 0 aliphatic carbocycles. The molecule has 10 nitrogen and oxygen atoms in total. The molecule has 0 bridgehead atoms. The van der Waals surface area contributed by atoms with E-state index in [1.54, 1.807) is 0 Å². The predicted octanol–water partition coefficient (Wildman–Crippen LogP) is 2.61. The number of carboxylic acid groups (broad SMARTS) is 1. The summed E-state index contributed by atoms with van der Waals surface area (Å²) < 4.78 is 44.4. The lowest BCUT2D eigenvalue weighted by Crippen LogP contribution is -2.29. The standard InChI is InChI=1S/C14H10ClF3N4O6/c1-21-11(14(16,17)18)10(15)13(20-21)28-6-2-3-8(22(26)27)7(4-6)12(25)19-5-9(23)24/h2-4H,5H2,1H3,(H,19,25)(H,23,24). The minimum atomic E-state index is -4.81. The summed E-state index contributed by atoms with van der Waals surface area (Å²) in [5.41, 5.74) is -2.50. The van der Waals surface area contributed by atoms with Gasteiger partial charge in [0.1, 0.15) is 22.9 Å². The summed E-state index contributed by atoms with van der Waals surface area (Å²) >= 11 is 5.65. The highest BCUT2D eigenvalue weighted by Gasteiger charge is 2.39. The van der Waals surface area contributed by atoms with Gasteiger partial charge in [-0.2, -0.15) is 13.2 Å². The maximum atomic E-state index is 12.9. The summed E-state index contributed by atoms with van der Waals surface area (Å²) in [5.74, 6) is -3.40. The number of carbonyl (C=O) groups is 2. The predicted molar refractivity (Wildman–Crippen MR) is 86.4 cm³/mol. The van der Waals surface area contributed by atoms with Crippen LogP contribution >= 0.6 is 11.6 Å². The first kappa shape index (κ1) is 21.0. The van der Waals surface area contributed by atoms with Crippen molar-refractivity contribution in [3.05, 3.63) is 44.6 Å². The number of benzene rings is 1. The van der Waals surface area contributed by atoms with Gasteiger partial charge in [-0.15, -0.1) is 5.10 Å². The SMILES string of the molecule is Cn1nc(Oc2ccc([N+](=O)[O-])c(C(=O)NCC(=O)O)c2)c(Cl)c1C(F)(F)F. The van der Waals surface area contributed by atoms with Crippen molar-refractivity contribution in [2.24, 2.45) is 7.05 Å². The highest BCUT2D eigenvalue weighted by atomic mass is 35.5. The molecule has 1 aromatic carbocycles. The molecule has 0 saturated carbocycles. The zero-order chi connectivity index (χ0) is 21.2. The first-order chi connectivity index (χ1) is 12.9. The molecule has 1 amide bonds. The zero-order valence-electron chi connectivity index (χ0n) is 13.8. The number of hydrogen-bond donors (Lipinski definition) is 2. The van der Waals surface area contributed by atoms with Gasteiger partial charge in [-0.25, -0.2) is 0 Å². The summed E-state index contributed by atoms with van der Waals surface area (Å²) in [6.07, 6.45) is -4.81. The summed E-state index contributed by atoms with van der Waals surface area (Å²) in [5, 5.41) is 24.2. The number of aliphatic carboxylic acids is 1. The Morgan fingerprint density at radius 2 is 2.07 bits per heavy atom. The molecule has 0 unspecified atom stereocenters. The lowest BCUT2D eigenvalue weighted by atomic mass is 10.1. The molecule has 0 aliphatic rings. The third-order valence-corrected chi connectivity index (χ3v) is 3.59. The van der Waals surface area contributed by atoms with Crippen molar-refractivity contribution in [1.82, 2.24) is 15.1 Å². The third-order valence-electron chi connectivity index (χ3n) is 3.25. The van der Waals surface area contributed by atoms with Gasteiger partial charge >= 0.3 is 12.1 Å². The average Bonchev–Trinajstić information content (AvgIpc) is 2.85. The first-order valence-corrected chi connectivity index (χ1v) is 7.55. The van der Waals surface area contributed by atoms with E-state index in [-0.39, 0.29) is 5.75 Å². The minimum Gasteiger partial charge on any atom is -0.480 e. The Labute approximate surface area is 158 Å². The van der Waals surface area contributed by atoms with Crippen molar-refractivity contribution in [3.63, 3.8) is 0 Å². The highest BCUT2D eigenvalue weighted by Crippen LogP contribution is 2.40. The largest absolute Gasteiger partial charge is 0.480 e.